The molecule has 6 nitrogen and oxygen atoms in total. The highest BCUT2D eigenvalue weighted by atomic mass is 16.5. The average Bonchev–Trinajstić information content (AvgIpc) is 2.60. The third kappa shape index (κ3) is 3.88. The molecule has 0 aliphatic heterocycles. The maximum absolute atomic E-state index is 12.5. The summed E-state index contributed by atoms with van der Waals surface area (Å²) in [6.07, 6.45) is 1.41. The number of nitrogens with two attached hydrogens (primary N) is 1. The number of ether oxygens (including phenoxy) is 3. The van der Waals surface area contributed by atoms with Crippen molar-refractivity contribution in [2.45, 2.75) is 33.2 Å². The minimum atomic E-state index is -0.524. The van der Waals surface area contributed by atoms with Crippen LogP contribution in [0.4, 0.5) is 0 Å². The molecule has 0 atom stereocenters. The van der Waals surface area contributed by atoms with E-state index >= 15 is 0 Å². The van der Waals surface area contributed by atoms with Gasteiger partial charge >= 0.3 is 0 Å². The van der Waals surface area contributed by atoms with Gasteiger partial charge in [-0.1, -0.05) is 13.8 Å². The molecule has 1 aromatic carbocycles. The van der Waals surface area contributed by atoms with Crippen LogP contribution in [-0.2, 0) is 11.3 Å². The number of nitrogens with one attached hydrogen (secondary N) is 1. The quantitative estimate of drug-likeness (QED) is 0.727. The van der Waals surface area contributed by atoms with E-state index in [0.29, 0.717) is 43.2 Å². The molecule has 130 valence electrons. The summed E-state index contributed by atoms with van der Waals surface area (Å²) in [4.78, 5) is 12.5. The fourth-order valence-corrected chi connectivity index (χ4v) is 2.62. The Morgan fingerprint density at radius 2 is 1.70 bits per heavy atom. The zero-order valence-corrected chi connectivity index (χ0v) is 14.7. The van der Waals surface area contributed by atoms with Crippen molar-refractivity contribution in [1.29, 1.82) is 0 Å². The Kier molecular flexibility index (Phi) is 7.16. The van der Waals surface area contributed by atoms with E-state index in [1.807, 2.05) is 19.9 Å². The van der Waals surface area contributed by atoms with Gasteiger partial charge in [0.15, 0.2) is 11.5 Å². The lowest BCUT2D eigenvalue weighted by molar-refractivity contribution is -0.131. The molecule has 23 heavy (non-hydrogen) atoms. The molecule has 0 aliphatic carbocycles. The number of benzene rings is 1. The molecule has 0 saturated carbocycles. The molecule has 0 radical (unpaired) electrons. The van der Waals surface area contributed by atoms with Gasteiger partial charge in [0.05, 0.1) is 26.7 Å². The zero-order valence-electron chi connectivity index (χ0n) is 14.7. The van der Waals surface area contributed by atoms with Gasteiger partial charge in [0.25, 0.3) is 0 Å². The monoisotopic (exact) mass is 324 g/mol. The van der Waals surface area contributed by atoms with Gasteiger partial charge in [-0.2, -0.15) is 0 Å². The fourth-order valence-electron chi connectivity index (χ4n) is 2.62. The lowest BCUT2D eigenvalue weighted by atomic mass is 9.81. The number of carbonyl (C=O) groups is 1. The maximum Gasteiger partial charge on any atom is 0.227 e. The summed E-state index contributed by atoms with van der Waals surface area (Å²) in [5.41, 5.74) is 6.11. The second kappa shape index (κ2) is 8.62. The minimum absolute atomic E-state index is 0.0400. The number of hydrogen-bond donors (Lipinski definition) is 2. The number of carbonyl (C=O) groups excluding carboxylic acids is 1. The Balaban J connectivity index is 3.00. The van der Waals surface area contributed by atoms with Crippen LogP contribution in [0, 0.1) is 5.41 Å². The number of amides is 1. The number of rotatable bonds is 9. The van der Waals surface area contributed by atoms with E-state index in [0.717, 1.165) is 5.56 Å². The van der Waals surface area contributed by atoms with Gasteiger partial charge < -0.3 is 25.3 Å². The molecule has 1 amide bonds. The van der Waals surface area contributed by atoms with Crippen LogP contribution in [0.2, 0.25) is 0 Å². The van der Waals surface area contributed by atoms with Crippen molar-refractivity contribution in [2.24, 2.45) is 11.1 Å². The normalized spacial score (nSPS) is 11.0. The van der Waals surface area contributed by atoms with Crippen LogP contribution in [-0.4, -0.2) is 33.8 Å². The number of hydrogen-bond acceptors (Lipinski definition) is 5. The van der Waals surface area contributed by atoms with Gasteiger partial charge in [0.1, 0.15) is 0 Å². The molecule has 3 N–H and O–H groups in total. The van der Waals surface area contributed by atoms with Crippen LogP contribution >= 0.6 is 0 Å². The summed E-state index contributed by atoms with van der Waals surface area (Å²) < 4.78 is 16.0. The molecule has 0 bridgehead atoms. The summed E-state index contributed by atoms with van der Waals surface area (Å²) in [6, 6.07) is 3.64. The second-order valence-electron chi connectivity index (χ2n) is 5.37. The fraction of sp³-hybridized carbons (Fsp3) is 0.588. The van der Waals surface area contributed by atoms with Crippen molar-refractivity contribution in [3.8, 4) is 17.2 Å². The first-order valence-electron chi connectivity index (χ1n) is 7.79. The predicted octanol–water partition coefficient (Wildman–Crippen LogP) is 2.09. The SMILES string of the molecule is CCC(CC)(CN)C(=O)NCc1ccc(OC)c(OC)c1OC. The number of methoxy groups -OCH3 is 3. The Bertz CT molecular complexity index is 519. The molecule has 6 heteroatoms. The van der Waals surface area contributed by atoms with Crippen LogP contribution < -0.4 is 25.3 Å². The third-order valence-corrected chi connectivity index (χ3v) is 4.45. The predicted molar refractivity (Wildman–Crippen MR) is 90.0 cm³/mol. The first-order chi connectivity index (χ1) is 11.0. The highest BCUT2D eigenvalue weighted by Gasteiger charge is 2.33. The van der Waals surface area contributed by atoms with E-state index in [9.17, 15) is 4.79 Å². The van der Waals surface area contributed by atoms with E-state index in [-0.39, 0.29) is 5.91 Å². The minimum Gasteiger partial charge on any atom is -0.493 e. The van der Waals surface area contributed by atoms with Crippen molar-refractivity contribution in [2.75, 3.05) is 27.9 Å². The molecule has 1 rings (SSSR count). The van der Waals surface area contributed by atoms with Crippen molar-refractivity contribution >= 4 is 5.91 Å². The largest absolute Gasteiger partial charge is 0.493 e. The average molecular weight is 324 g/mol. The lowest BCUT2D eigenvalue weighted by Crippen LogP contribution is -2.45. The van der Waals surface area contributed by atoms with Crippen LogP contribution in [0.5, 0.6) is 17.2 Å². The zero-order chi connectivity index (χ0) is 17.5. The lowest BCUT2D eigenvalue weighted by Gasteiger charge is -2.28. The van der Waals surface area contributed by atoms with Gasteiger partial charge in [-0.25, -0.2) is 0 Å². The molecule has 0 heterocycles. The summed E-state index contributed by atoms with van der Waals surface area (Å²) >= 11 is 0. The standard InChI is InChI=1S/C17H28N2O4/c1-6-17(7-2,11-18)16(20)19-10-12-8-9-13(21-3)15(23-5)14(12)22-4/h8-9H,6-7,10-11,18H2,1-5H3,(H,19,20). The first kappa shape index (κ1) is 19.1. The van der Waals surface area contributed by atoms with Crippen molar-refractivity contribution in [1.82, 2.24) is 5.32 Å². The second-order valence-corrected chi connectivity index (χ2v) is 5.37. The smallest absolute Gasteiger partial charge is 0.227 e. The van der Waals surface area contributed by atoms with Crippen LogP contribution in [0.1, 0.15) is 32.3 Å². The van der Waals surface area contributed by atoms with Crippen molar-refractivity contribution in [3.63, 3.8) is 0 Å². The van der Waals surface area contributed by atoms with E-state index in [1.54, 1.807) is 27.4 Å². The molecule has 0 aliphatic rings. The molecule has 0 unspecified atom stereocenters. The molecule has 0 fully saturated rings. The molecule has 0 saturated heterocycles. The van der Waals surface area contributed by atoms with Gasteiger partial charge in [-0.15, -0.1) is 0 Å². The molecule has 0 spiro atoms. The summed E-state index contributed by atoms with van der Waals surface area (Å²) in [6.45, 7) is 4.62. The van der Waals surface area contributed by atoms with Gasteiger partial charge in [0, 0.05) is 18.7 Å². The van der Waals surface area contributed by atoms with E-state index in [2.05, 4.69) is 5.32 Å². The molecule has 0 aromatic heterocycles. The van der Waals surface area contributed by atoms with Gasteiger partial charge in [-0.05, 0) is 25.0 Å². The van der Waals surface area contributed by atoms with Crippen LogP contribution in [0.25, 0.3) is 0 Å². The topological polar surface area (TPSA) is 82.8 Å². The van der Waals surface area contributed by atoms with Crippen molar-refractivity contribution < 1.29 is 19.0 Å². The molecular formula is C17H28N2O4. The van der Waals surface area contributed by atoms with Gasteiger partial charge in [-0.3, -0.25) is 4.79 Å². The maximum atomic E-state index is 12.5. The van der Waals surface area contributed by atoms with Crippen LogP contribution in [0.3, 0.4) is 0 Å². The van der Waals surface area contributed by atoms with Crippen LogP contribution in [0.15, 0.2) is 12.1 Å². The molecule has 1 aromatic rings. The highest BCUT2D eigenvalue weighted by Crippen LogP contribution is 2.39. The Morgan fingerprint density at radius 1 is 1.09 bits per heavy atom. The first-order valence-corrected chi connectivity index (χ1v) is 7.79. The van der Waals surface area contributed by atoms with Gasteiger partial charge in [0.2, 0.25) is 11.7 Å². The Morgan fingerprint density at radius 3 is 2.13 bits per heavy atom. The van der Waals surface area contributed by atoms with E-state index in [1.165, 1.54) is 0 Å². The summed E-state index contributed by atoms with van der Waals surface area (Å²) in [5.74, 6) is 1.61. The van der Waals surface area contributed by atoms with Crippen molar-refractivity contribution in [3.05, 3.63) is 17.7 Å². The summed E-state index contributed by atoms with van der Waals surface area (Å²) in [5, 5.41) is 2.96. The Hall–Kier alpha value is -1.95. The molecular weight excluding hydrogens is 296 g/mol. The van der Waals surface area contributed by atoms with E-state index in [4.69, 9.17) is 19.9 Å². The summed E-state index contributed by atoms with van der Waals surface area (Å²) in [7, 11) is 4.68. The third-order valence-electron chi connectivity index (χ3n) is 4.45. The Labute approximate surface area is 138 Å². The van der Waals surface area contributed by atoms with E-state index < -0.39 is 5.41 Å². The highest BCUT2D eigenvalue weighted by molar-refractivity contribution is 5.82.